The van der Waals surface area contributed by atoms with Crippen molar-refractivity contribution in [3.63, 3.8) is 0 Å². The van der Waals surface area contributed by atoms with E-state index in [1.807, 2.05) is 6.07 Å². The molecule has 0 atom stereocenters. The summed E-state index contributed by atoms with van der Waals surface area (Å²) in [4.78, 5) is 12.4. The number of nitrogens with zero attached hydrogens (tertiary/aromatic N) is 1. The highest BCUT2D eigenvalue weighted by Crippen LogP contribution is 2.27. The summed E-state index contributed by atoms with van der Waals surface area (Å²) in [6.07, 6.45) is 0. The molecule has 0 aliphatic heterocycles. The number of carbonyl (C=O) groups is 1. The number of ketones is 1. The molecule has 2 aromatic carbocycles. The van der Waals surface area contributed by atoms with Gasteiger partial charge in [0.1, 0.15) is 10.6 Å². The van der Waals surface area contributed by atoms with Crippen LogP contribution in [0.2, 0.25) is 0 Å². The van der Waals surface area contributed by atoms with Crippen LogP contribution in [-0.4, -0.2) is 39.7 Å². The third-order valence-corrected chi connectivity index (χ3v) is 5.06. The zero-order valence-corrected chi connectivity index (χ0v) is 13.4. The molecule has 0 saturated heterocycles. The van der Waals surface area contributed by atoms with Gasteiger partial charge in [0.15, 0.2) is 5.78 Å². The lowest BCUT2D eigenvalue weighted by atomic mass is 10.0. The van der Waals surface area contributed by atoms with Crippen molar-refractivity contribution in [1.82, 2.24) is 4.31 Å². The first-order chi connectivity index (χ1) is 10.4. The summed E-state index contributed by atoms with van der Waals surface area (Å²) in [5.74, 6) is -0.0308. The Morgan fingerprint density at radius 1 is 1.00 bits per heavy atom. The molecule has 0 N–H and O–H groups in total. The Balaban J connectivity index is 2.55. The van der Waals surface area contributed by atoms with Crippen LogP contribution in [0.15, 0.2) is 53.4 Å². The smallest absolute Gasteiger partial charge is 0.246 e. The molecule has 6 heteroatoms. The van der Waals surface area contributed by atoms with Crippen LogP contribution >= 0.6 is 0 Å². The number of ether oxygens (including phenoxy) is 1. The topological polar surface area (TPSA) is 63.7 Å². The zero-order chi connectivity index (χ0) is 16.3. The molecule has 0 saturated carbocycles. The standard InChI is InChI=1S/C16H17NO4S/c1-17(2)22(19,20)15-11-13(9-10-14(15)21-3)16(18)12-7-5-4-6-8-12/h4-11H,1-3H3. The normalized spacial score (nSPS) is 11.5. The summed E-state index contributed by atoms with van der Waals surface area (Å²) in [5, 5.41) is 0. The zero-order valence-electron chi connectivity index (χ0n) is 12.6. The summed E-state index contributed by atoms with van der Waals surface area (Å²) in [7, 11) is 0.552. The number of hydrogen-bond acceptors (Lipinski definition) is 4. The van der Waals surface area contributed by atoms with E-state index in [0.29, 0.717) is 11.1 Å². The van der Waals surface area contributed by atoms with E-state index in [9.17, 15) is 13.2 Å². The van der Waals surface area contributed by atoms with Crippen molar-refractivity contribution in [3.05, 3.63) is 59.7 Å². The maximum atomic E-state index is 12.4. The molecule has 0 aliphatic rings. The first kappa shape index (κ1) is 16.2. The monoisotopic (exact) mass is 319 g/mol. The van der Waals surface area contributed by atoms with E-state index in [4.69, 9.17) is 4.74 Å². The molecule has 0 spiro atoms. The van der Waals surface area contributed by atoms with Gasteiger partial charge >= 0.3 is 0 Å². The largest absolute Gasteiger partial charge is 0.495 e. The van der Waals surface area contributed by atoms with Gasteiger partial charge in [0.2, 0.25) is 10.0 Å². The molecule has 22 heavy (non-hydrogen) atoms. The summed E-state index contributed by atoms with van der Waals surface area (Å²) in [6, 6.07) is 13.1. The lowest BCUT2D eigenvalue weighted by Gasteiger charge is -2.15. The molecule has 0 aromatic heterocycles. The molecule has 0 radical (unpaired) electrons. The van der Waals surface area contributed by atoms with Crippen molar-refractivity contribution in [1.29, 1.82) is 0 Å². The highest BCUT2D eigenvalue weighted by atomic mass is 32.2. The molecule has 0 unspecified atom stereocenters. The summed E-state index contributed by atoms with van der Waals surface area (Å²) in [5.41, 5.74) is 0.799. The fraction of sp³-hybridized carbons (Fsp3) is 0.188. The fourth-order valence-electron chi connectivity index (χ4n) is 1.97. The van der Waals surface area contributed by atoms with Crippen molar-refractivity contribution in [2.24, 2.45) is 0 Å². The van der Waals surface area contributed by atoms with E-state index in [2.05, 4.69) is 0 Å². The molecule has 0 bridgehead atoms. The van der Waals surface area contributed by atoms with Crippen molar-refractivity contribution < 1.29 is 17.9 Å². The van der Waals surface area contributed by atoms with Gasteiger partial charge in [-0.25, -0.2) is 12.7 Å². The molecule has 0 heterocycles. The SMILES string of the molecule is COc1ccc(C(=O)c2ccccc2)cc1S(=O)(=O)N(C)C. The number of carbonyl (C=O) groups excluding carboxylic acids is 1. The van der Waals surface area contributed by atoms with Crippen LogP contribution in [0.5, 0.6) is 5.75 Å². The second kappa shape index (κ2) is 6.29. The van der Waals surface area contributed by atoms with E-state index in [1.54, 1.807) is 30.3 Å². The van der Waals surface area contributed by atoms with E-state index >= 15 is 0 Å². The van der Waals surface area contributed by atoms with Crippen molar-refractivity contribution in [2.75, 3.05) is 21.2 Å². The number of sulfonamides is 1. The van der Waals surface area contributed by atoms with E-state index in [1.165, 1.54) is 33.3 Å². The average molecular weight is 319 g/mol. The Kier molecular flexibility index (Phi) is 4.63. The quantitative estimate of drug-likeness (QED) is 0.792. The van der Waals surface area contributed by atoms with Crippen LogP contribution in [0.4, 0.5) is 0 Å². The van der Waals surface area contributed by atoms with Gasteiger partial charge in [-0.1, -0.05) is 30.3 Å². The Morgan fingerprint density at radius 3 is 2.18 bits per heavy atom. The Morgan fingerprint density at radius 2 is 1.64 bits per heavy atom. The third-order valence-electron chi connectivity index (χ3n) is 3.22. The second-order valence-electron chi connectivity index (χ2n) is 4.85. The maximum Gasteiger partial charge on any atom is 0.246 e. The number of rotatable bonds is 5. The van der Waals surface area contributed by atoms with Crippen molar-refractivity contribution >= 4 is 15.8 Å². The summed E-state index contributed by atoms with van der Waals surface area (Å²) in [6.45, 7) is 0. The van der Waals surface area contributed by atoms with Crippen LogP contribution in [0.1, 0.15) is 15.9 Å². The number of benzene rings is 2. The van der Waals surface area contributed by atoms with Crippen LogP contribution < -0.4 is 4.74 Å². The van der Waals surface area contributed by atoms with Gasteiger partial charge in [-0.2, -0.15) is 0 Å². The number of methoxy groups -OCH3 is 1. The van der Waals surface area contributed by atoms with Gasteiger partial charge in [0.25, 0.3) is 0 Å². The molecule has 2 aromatic rings. The van der Waals surface area contributed by atoms with Crippen LogP contribution in [0, 0.1) is 0 Å². The van der Waals surface area contributed by atoms with E-state index in [0.717, 1.165) is 4.31 Å². The minimum absolute atomic E-state index is 0.0261. The summed E-state index contributed by atoms with van der Waals surface area (Å²) < 4.78 is 30.9. The van der Waals surface area contributed by atoms with E-state index < -0.39 is 10.0 Å². The molecule has 116 valence electrons. The van der Waals surface area contributed by atoms with Crippen molar-refractivity contribution in [2.45, 2.75) is 4.90 Å². The van der Waals surface area contributed by atoms with Crippen LogP contribution in [0.25, 0.3) is 0 Å². The minimum atomic E-state index is -3.70. The fourth-order valence-corrected chi connectivity index (χ4v) is 3.05. The molecule has 2 rings (SSSR count). The second-order valence-corrected chi connectivity index (χ2v) is 6.97. The lowest BCUT2D eigenvalue weighted by molar-refractivity contribution is 0.103. The Bertz CT molecular complexity index is 783. The van der Waals surface area contributed by atoms with E-state index in [-0.39, 0.29) is 16.4 Å². The Hall–Kier alpha value is -2.18. The molecular weight excluding hydrogens is 302 g/mol. The minimum Gasteiger partial charge on any atom is -0.495 e. The lowest BCUT2D eigenvalue weighted by Crippen LogP contribution is -2.23. The molecule has 5 nitrogen and oxygen atoms in total. The highest BCUT2D eigenvalue weighted by Gasteiger charge is 2.24. The molecule has 0 amide bonds. The number of hydrogen-bond donors (Lipinski definition) is 0. The molecule has 0 aliphatic carbocycles. The van der Waals surface area contributed by atoms with Crippen LogP contribution in [0.3, 0.4) is 0 Å². The van der Waals surface area contributed by atoms with Crippen molar-refractivity contribution in [3.8, 4) is 5.75 Å². The third kappa shape index (κ3) is 3.03. The highest BCUT2D eigenvalue weighted by molar-refractivity contribution is 7.89. The summed E-state index contributed by atoms with van der Waals surface area (Å²) >= 11 is 0. The van der Waals surface area contributed by atoms with Crippen LogP contribution in [-0.2, 0) is 10.0 Å². The predicted octanol–water partition coefficient (Wildman–Crippen LogP) is 2.18. The average Bonchev–Trinajstić information content (AvgIpc) is 2.54. The van der Waals surface area contributed by atoms with Gasteiger partial charge in [0, 0.05) is 25.2 Å². The Labute approximate surface area is 130 Å². The van der Waals surface area contributed by atoms with Gasteiger partial charge in [-0.15, -0.1) is 0 Å². The first-order valence-electron chi connectivity index (χ1n) is 6.58. The van der Waals surface area contributed by atoms with Gasteiger partial charge in [-0.3, -0.25) is 4.79 Å². The van der Waals surface area contributed by atoms with Gasteiger partial charge < -0.3 is 4.74 Å². The molecular formula is C16H17NO4S. The molecule has 0 fully saturated rings. The maximum absolute atomic E-state index is 12.4. The predicted molar refractivity (Wildman–Crippen MR) is 83.7 cm³/mol. The van der Waals surface area contributed by atoms with Gasteiger partial charge in [0.05, 0.1) is 7.11 Å². The van der Waals surface area contributed by atoms with Gasteiger partial charge in [-0.05, 0) is 18.2 Å². The first-order valence-corrected chi connectivity index (χ1v) is 8.02.